The molecule has 0 bridgehead atoms. The van der Waals surface area contributed by atoms with Gasteiger partial charge in [-0.1, -0.05) is 5.92 Å². The van der Waals surface area contributed by atoms with E-state index >= 15 is 0 Å². The van der Waals surface area contributed by atoms with Crippen LogP contribution in [0.4, 0.5) is 9.59 Å². The fourth-order valence-corrected chi connectivity index (χ4v) is 2.03. The second-order valence-electron chi connectivity index (χ2n) is 6.25. The van der Waals surface area contributed by atoms with Gasteiger partial charge in [0, 0.05) is 26.2 Å². The van der Waals surface area contributed by atoms with Crippen molar-refractivity contribution in [2.24, 2.45) is 0 Å². The molecule has 0 aliphatic carbocycles. The predicted molar refractivity (Wildman–Crippen MR) is 80.8 cm³/mol. The van der Waals surface area contributed by atoms with E-state index in [0.717, 1.165) is 12.8 Å². The van der Waals surface area contributed by atoms with Crippen LogP contribution in [-0.2, 0) is 4.74 Å². The van der Waals surface area contributed by atoms with Crippen molar-refractivity contribution in [3.8, 4) is 12.3 Å². The molecule has 0 saturated carbocycles. The molecule has 6 heteroatoms. The lowest BCUT2D eigenvalue weighted by Crippen LogP contribution is -2.50. The summed E-state index contributed by atoms with van der Waals surface area (Å²) in [6.07, 6.45) is 6.31. The van der Waals surface area contributed by atoms with Crippen molar-refractivity contribution in [3.63, 3.8) is 0 Å². The van der Waals surface area contributed by atoms with Crippen LogP contribution in [0.2, 0.25) is 0 Å². The van der Waals surface area contributed by atoms with Crippen molar-refractivity contribution in [3.05, 3.63) is 0 Å². The highest BCUT2D eigenvalue weighted by molar-refractivity contribution is 5.74. The van der Waals surface area contributed by atoms with Gasteiger partial charge in [0.1, 0.15) is 5.60 Å². The molecule has 118 valence electrons. The number of carbonyl (C=O) groups excluding carboxylic acids is 2. The number of ether oxygens (including phenoxy) is 1. The van der Waals surface area contributed by atoms with Gasteiger partial charge in [0.25, 0.3) is 0 Å². The first-order valence-electron chi connectivity index (χ1n) is 7.16. The minimum Gasteiger partial charge on any atom is -0.444 e. The second kappa shape index (κ2) is 7.21. The highest BCUT2D eigenvalue weighted by Crippen LogP contribution is 2.15. The van der Waals surface area contributed by atoms with Gasteiger partial charge in [0.2, 0.25) is 0 Å². The maximum atomic E-state index is 11.9. The Morgan fingerprint density at radius 3 is 2.43 bits per heavy atom. The molecule has 0 radical (unpaired) electrons. The Labute approximate surface area is 126 Å². The van der Waals surface area contributed by atoms with Crippen molar-refractivity contribution in [2.45, 2.75) is 45.3 Å². The van der Waals surface area contributed by atoms with Gasteiger partial charge in [-0.25, -0.2) is 9.59 Å². The van der Waals surface area contributed by atoms with Crippen LogP contribution in [-0.4, -0.2) is 60.2 Å². The fourth-order valence-electron chi connectivity index (χ4n) is 2.03. The average Bonchev–Trinajstić information content (AvgIpc) is 2.37. The van der Waals surface area contributed by atoms with Crippen LogP contribution >= 0.6 is 0 Å². The minimum absolute atomic E-state index is 0.0661. The smallest absolute Gasteiger partial charge is 0.410 e. The van der Waals surface area contributed by atoms with E-state index in [1.165, 1.54) is 4.90 Å². The van der Waals surface area contributed by atoms with Gasteiger partial charge in [0.05, 0.1) is 6.54 Å². The molecular formula is C15H25N3O3. The summed E-state index contributed by atoms with van der Waals surface area (Å²) in [6.45, 7) is 6.98. The number of urea groups is 1. The molecule has 0 aromatic carbocycles. The Hall–Kier alpha value is -1.90. The summed E-state index contributed by atoms with van der Waals surface area (Å²) in [7, 11) is 1.66. The van der Waals surface area contributed by atoms with Gasteiger partial charge in [-0.15, -0.1) is 6.42 Å². The average molecular weight is 295 g/mol. The van der Waals surface area contributed by atoms with E-state index in [9.17, 15) is 9.59 Å². The summed E-state index contributed by atoms with van der Waals surface area (Å²) < 4.78 is 5.33. The van der Waals surface area contributed by atoms with E-state index in [4.69, 9.17) is 11.2 Å². The molecular weight excluding hydrogens is 270 g/mol. The van der Waals surface area contributed by atoms with Crippen molar-refractivity contribution < 1.29 is 14.3 Å². The zero-order valence-corrected chi connectivity index (χ0v) is 13.3. The Balaban J connectivity index is 2.37. The molecule has 21 heavy (non-hydrogen) atoms. The summed E-state index contributed by atoms with van der Waals surface area (Å²) in [5.41, 5.74) is -0.486. The summed E-state index contributed by atoms with van der Waals surface area (Å²) in [4.78, 5) is 26.9. The van der Waals surface area contributed by atoms with Crippen LogP contribution in [0.1, 0.15) is 33.6 Å². The molecule has 0 atom stereocenters. The highest BCUT2D eigenvalue weighted by atomic mass is 16.6. The van der Waals surface area contributed by atoms with E-state index < -0.39 is 5.60 Å². The third kappa shape index (κ3) is 5.94. The summed E-state index contributed by atoms with van der Waals surface area (Å²) in [6, 6.07) is -0.111. The predicted octanol–water partition coefficient (Wildman–Crippen LogP) is 1.66. The van der Waals surface area contributed by atoms with E-state index in [1.807, 2.05) is 20.8 Å². The summed E-state index contributed by atoms with van der Waals surface area (Å²) in [5.74, 6) is 2.42. The van der Waals surface area contributed by atoms with Crippen LogP contribution in [0.3, 0.4) is 0 Å². The molecule has 3 amide bonds. The number of carbonyl (C=O) groups is 2. The zero-order chi connectivity index (χ0) is 16.0. The van der Waals surface area contributed by atoms with Gasteiger partial charge >= 0.3 is 12.1 Å². The maximum absolute atomic E-state index is 11.9. The summed E-state index contributed by atoms with van der Waals surface area (Å²) in [5, 5.41) is 2.92. The lowest BCUT2D eigenvalue weighted by atomic mass is 10.1. The molecule has 1 rings (SSSR count). The topological polar surface area (TPSA) is 61.9 Å². The standard InChI is InChI=1S/C15H25N3O3/c1-6-9-17(5)13(19)16-12-7-10-18(11-8-12)14(20)21-15(2,3)4/h1,12H,7-11H2,2-5H3,(H,16,19). The molecule has 0 spiro atoms. The molecule has 1 aliphatic heterocycles. The van der Waals surface area contributed by atoms with Gasteiger partial charge in [0.15, 0.2) is 0 Å². The van der Waals surface area contributed by atoms with Crippen LogP contribution in [0.15, 0.2) is 0 Å². The number of nitrogens with one attached hydrogen (secondary N) is 1. The monoisotopic (exact) mass is 295 g/mol. The molecule has 0 aromatic heterocycles. The Morgan fingerprint density at radius 1 is 1.38 bits per heavy atom. The fraction of sp³-hybridized carbons (Fsp3) is 0.733. The van der Waals surface area contributed by atoms with Crippen LogP contribution in [0.5, 0.6) is 0 Å². The number of hydrogen-bond acceptors (Lipinski definition) is 3. The first kappa shape index (κ1) is 17.2. The molecule has 0 aromatic rings. The normalized spacial score (nSPS) is 16.0. The molecule has 1 saturated heterocycles. The van der Waals surface area contributed by atoms with Gasteiger partial charge in [-0.3, -0.25) is 0 Å². The first-order chi connectivity index (χ1) is 9.73. The molecule has 1 aliphatic rings. The van der Waals surface area contributed by atoms with Gasteiger partial charge in [-0.2, -0.15) is 0 Å². The molecule has 0 unspecified atom stereocenters. The van der Waals surface area contributed by atoms with E-state index in [1.54, 1.807) is 11.9 Å². The molecule has 1 fully saturated rings. The quantitative estimate of drug-likeness (QED) is 0.788. The van der Waals surface area contributed by atoms with E-state index in [-0.39, 0.29) is 24.7 Å². The lowest BCUT2D eigenvalue weighted by molar-refractivity contribution is 0.0201. The third-order valence-corrected chi connectivity index (χ3v) is 3.15. The lowest BCUT2D eigenvalue weighted by Gasteiger charge is -2.34. The van der Waals surface area contributed by atoms with Crippen molar-refractivity contribution >= 4 is 12.1 Å². The Morgan fingerprint density at radius 2 is 1.95 bits per heavy atom. The molecule has 1 heterocycles. The van der Waals surface area contributed by atoms with E-state index in [2.05, 4.69) is 11.2 Å². The van der Waals surface area contributed by atoms with Crippen molar-refractivity contribution in [2.75, 3.05) is 26.7 Å². The zero-order valence-electron chi connectivity index (χ0n) is 13.3. The second-order valence-corrected chi connectivity index (χ2v) is 6.25. The molecule has 1 N–H and O–H groups in total. The highest BCUT2D eigenvalue weighted by Gasteiger charge is 2.27. The Kier molecular flexibility index (Phi) is 5.89. The van der Waals surface area contributed by atoms with Crippen molar-refractivity contribution in [1.29, 1.82) is 0 Å². The largest absolute Gasteiger partial charge is 0.444 e. The number of rotatable bonds is 2. The number of hydrogen-bond donors (Lipinski definition) is 1. The minimum atomic E-state index is -0.486. The third-order valence-electron chi connectivity index (χ3n) is 3.15. The van der Waals surface area contributed by atoms with Gasteiger partial charge in [-0.05, 0) is 33.6 Å². The first-order valence-corrected chi connectivity index (χ1v) is 7.16. The number of likely N-dealkylation sites (tertiary alicyclic amines) is 1. The van der Waals surface area contributed by atoms with Crippen LogP contribution < -0.4 is 5.32 Å². The number of amides is 3. The number of terminal acetylenes is 1. The Bertz CT molecular complexity index is 415. The molecule has 6 nitrogen and oxygen atoms in total. The number of piperidine rings is 1. The van der Waals surface area contributed by atoms with Crippen LogP contribution in [0, 0.1) is 12.3 Å². The van der Waals surface area contributed by atoms with Crippen molar-refractivity contribution in [1.82, 2.24) is 15.1 Å². The van der Waals surface area contributed by atoms with Crippen LogP contribution in [0.25, 0.3) is 0 Å². The maximum Gasteiger partial charge on any atom is 0.410 e. The van der Waals surface area contributed by atoms with E-state index in [0.29, 0.717) is 13.1 Å². The summed E-state index contributed by atoms with van der Waals surface area (Å²) >= 11 is 0. The van der Waals surface area contributed by atoms with Gasteiger partial charge < -0.3 is 19.9 Å². The SMILES string of the molecule is C#CCN(C)C(=O)NC1CCN(C(=O)OC(C)(C)C)CC1. The number of nitrogens with zero attached hydrogens (tertiary/aromatic N) is 2.